The summed E-state index contributed by atoms with van der Waals surface area (Å²) in [7, 11) is 0. The van der Waals surface area contributed by atoms with Gasteiger partial charge in [0.15, 0.2) is 17.5 Å². The monoisotopic (exact) mass is 573 g/mol. The Hall–Kier alpha value is -6.51. The molecule has 0 saturated carbocycles. The molecule has 0 atom stereocenters. The molecule has 42 heavy (non-hydrogen) atoms. The largest absolute Gasteiger partial charge is 0.478 e. The van der Waals surface area contributed by atoms with Crippen LogP contribution in [0.5, 0.6) is 0 Å². The molecule has 4 aromatic rings. The van der Waals surface area contributed by atoms with Crippen LogP contribution in [-0.2, 0) is 0 Å². The number of carbonyl (C=O) groups is 6. The minimum absolute atomic E-state index is 0.169. The van der Waals surface area contributed by atoms with Crippen molar-refractivity contribution in [2.75, 3.05) is 0 Å². The molecule has 1 heterocycles. The summed E-state index contributed by atoms with van der Waals surface area (Å²) in [4.78, 5) is 82.6. The molecule has 0 bridgehead atoms. The summed E-state index contributed by atoms with van der Waals surface area (Å²) >= 11 is 0. The molecule has 0 amide bonds. The second-order valence-electron chi connectivity index (χ2n) is 8.53. The Labute approximate surface area is 232 Å². The van der Waals surface area contributed by atoms with E-state index < -0.39 is 69.2 Å². The van der Waals surface area contributed by atoms with Crippen molar-refractivity contribution in [3.05, 3.63) is 88.0 Å². The van der Waals surface area contributed by atoms with E-state index in [1.165, 1.54) is 0 Å². The van der Waals surface area contributed by atoms with Gasteiger partial charge in [-0.25, -0.2) is 43.7 Å². The van der Waals surface area contributed by atoms with Crippen LogP contribution in [0.15, 0.2) is 54.6 Å². The lowest BCUT2D eigenvalue weighted by Gasteiger charge is -2.11. The Morgan fingerprint density at radius 2 is 0.500 bits per heavy atom. The fourth-order valence-corrected chi connectivity index (χ4v) is 3.77. The molecule has 3 aromatic carbocycles. The first kappa shape index (κ1) is 28.5. The second-order valence-corrected chi connectivity index (χ2v) is 8.53. The third-order valence-electron chi connectivity index (χ3n) is 5.69. The molecule has 6 N–H and O–H groups in total. The summed E-state index contributed by atoms with van der Waals surface area (Å²) in [5.74, 6) is -10.1. The van der Waals surface area contributed by atoms with Gasteiger partial charge in [-0.15, -0.1) is 0 Å². The third kappa shape index (κ3) is 5.89. The van der Waals surface area contributed by atoms with Gasteiger partial charge in [-0.1, -0.05) is 0 Å². The van der Waals surface area contributed by atoms with Crippen molar-refractivity contribution < 1.29 is 59.4 Å². The summed E-state index contributed by atoms with van der Waals surface area (Å²) in [6.07, 6.45) is 0. The lowest BCUT2D eigenvalue weighted by molar-refractivity contribution is 0.0676. The summed E-state index contributed by atoms with van der Waals surface area (Å²) in [6, 6.07) is 8.82. The molecule has 0 aliphatic rings. The molecule has 1 aromatic heterocycles. The maximum atomic E-state index is 11.7. The molecule has 0 aliphatic carbocycles. The van der Waals surface area contributed by atoms with E-state index in [-0.39, 0.29) is 34.2 Å². The van der Waals surface area contributed by atoms with E-state index in [1.807, 2.05) is 0 Å². The van der Waals surface area contributed by atoms with Gasteiger partial charge in [0.2, 0.25) is 0 Å². The van der Waals surface area contributed by atoms with Crippen LogP contribution in [0.3, 0.4) is 0 Å². The van der Waals surface area contributed by atoms with E-state index in [9.17, 15) is 59.4 Å². The molecule has 15 nitrogen and oxygen atoms in total. The lowest BCUT2D eigenvalue weighted by atomic mass is 10.0. The van der Waals surface area contributed by atoms with Crippen molar-refractivity contribution >= 4 is 35.8 Å². The standard InChI is InChI=1S/C27H15N3O12/c31-22(32)13-1-10(2-14(7-13)23(33)34)19-28-20(11-3-15(24(35)36)8-16(4-11)25(37)38)30-21(29-19)12-5-17(26(39)40)9-18(6-12)27(41)42/h1-9H,(H,31,32)(H,33,34)(H,35,36)(H,37,38)(H,39,40)(H,41,42). The van der Waals surface area contributed by atoms with E-state index in [2.05, 4.69) is 15.0 Å². The van der Waals surface area contributed by atoms with Gasteiger partial charge in [-0.2, -0.15) is 0 Å². The molecular formula is C27H15N3O12. The molecule has 0 spiro atoms. The van der Waals surface area contributed by atoms with E-state index in [0.29, 0.717) is 0 Å². The second kappa shape index (κ2) is 10.9. The number of aromatic nitrogens is 3. The normalized spacial score (nSPS) is 10.6. The third-order valence-corrected chi connectivity index (χ3v) is 5.69. The van der Waals surface area contributed by atoms with E-state index >= 15 is 0 Å². The van der Waals surface area contributed by atoms with Gasteiger partial charge in [-0.05, 0) is 54.6 Å². The number of carboxylic acid groups (broad SMARTS) is 6. The minimum Gasteiger partial charge on any atom is -0.478 e. The van der Waals surface area contributed by atoms with Crippen LogP contribution < -0.4 is 0 Å². The van der Waals surface area contributed by atoms with Crippen LogP contribution in [0.4, 0.5) is 0 Å². The average molecular weight is 573 g/mol. The van der Waals surface area contributed by atoms with Crippen molar-refractivity contribution in [3.63, 3.8) is 0 Å². The quantitative estimate of drug-likeness (QED) is 0.168. The molecular weight excluding hydrogens is 558 g/mol. The summed E-state index contributed by atoms with van der Waals surface area (Å²) in [5.41, 5.74) is -3.28. The van der Waals surface area contributed by atoms with Crippen molar-refractivity contribution in [3.8, 4) is 34.2 Å². The first-order valence-corrected chi connectivity index (χ1v) is 11.4. The highest BCUT2D eigenvalue weighted by Crippen LogP contribution is 2.29. The number of nitrogens with zero attached hydrogens (tertiary/aromatic N) is 3. The molecule has 0 saturated heterocycles. The number of hydrogen-bond acceptors (Lipinski definition) is 9. The first-order valence-electron chi connectivity index (χ1n) is 11.4. The predicted molar refractivity (Wildman–Crippen MR) is 138 cm³/mol. The van der Waals surface area contributed by atoms with Crippen molar-refractivity contribution in [1.82, 2.24) is 15.0 Å². The van der Waals surface area contributed by atoms with E-state index in [4.69, 9.17) is 0 Å². The van der Waals surface area contributed by atoms with Crippen LogP contribution in [0.25, 0.3) is 34.2 Å². The zero-order valence-corrected chi connectivity index (χ0v) is 20.7. The van der Waals surface area contributed by atoms with Crippen molar-refractivity contribution in [1.29, 1.82) is 0 Å². The number of hydrogen-bond donors (Lipinski definition) is 6. The molecule has 0 fully saturated rings. The number of rotatable bonds is 9. The van der Waals surface area contributed by atoms with Crippen molar-refractivity contribution in [2.45, 2.75) is 0 Å². The van der Waals surface area contributed by atoms with Crippen LogP contribution in [0.1, 0.15) is 62.1 Å². The average Bonchev–Trinajstić information content (AvgIpc) is 2.95. The van der Waals surface area contributed by atoms with Gasteiger partial charge < -0.3 is 30.6 Å². The van der Waals surface area contributed by atoms with E-state index in [0.717, 1.165) is 54.6 Å². The Morgan fingerprint density at radius 3 is 0.643 bits per heavy atom. The highest BCUT2D eigenvalue weighted by Gasteiger charge is 2.21. The number of benzene rings is 3. The van der Waals surface area contributed by atoms with Gasteiger partial charge in [0.05, 0.1) is 33.4 Å². The van der Waals surface area contributed by atoms with Gasteiger partial charge in [0.1, 0.15) is 0 Å². The summed E-state index contributed by atoms with van der Waals surface area (Å²) in [6.45, 7) is 0. The van der Waals surface area contributed by atoms with Gasteiger partial charge in [0, 0.05) is 16.7 Å². The zero-order chi connectivity index (χ0) is 30.9. The number of carboxylic acids is 6. The fraction of sp³-hybridized carbons (Fsp3) is 0. The van der Waals surface area contributed by atoms with E-state index in [1.54, 1.807) is 0 Å². The summed E-state index contributed by atoms with van der Waals surface area (Å²) < 4.78 is 0. The Balaban J connectivity index is 2.10. The summed E-state index contributed by atoms with van der Waals surface area (Å²) in [5, 5.41) is 56.9. The topological polar surface area (TPSA) is 262 Å². The molecule has 210 valence electrons. The van der Waals surface area contributed by atoms with Crippen LogP contribution in [-0.4, -0.2) is 81.4 Å². The molecule has 0 unspecified atom stereocenters. The van der Waals surface area contributed by atoms with Crippen LogP contribution in [0, 0.1) is 0 Å². The van der Waals surface area contributed by atoms with Crippen LogP contribution >= 0.6 is 0 Å². The molecule has 0 aliphatic heterocycles. The smallest absolute Gasteiger partial charge is 0.335 e. The Kier molecular flexibility index (Phi) is 7.42. The maximum absolute atomic E-state index is 11.7. The number of aromatic carboxylic acids is 6. The van der Waals surface area contributed by atoms with Crippen molar-refractivity contribution in [2.24, 2.45) is 0 Å². The predicted octanol–water partition coefficient (Wildman–Crippen LogP) is 3.06. The highest BCUT2D eigenvalue weighted by atomic mass is 16.4. The fourth-order valence-electron chi connectivity index (χ4n) is 3.77. The molecule has 15 heteroatoms. The zero-order valence-electron chi connectivity index (χ0n) is 20.7. The van der Waals surface area contributed by atoms with Gasteiger partial charge in [0.25, 0.3) is 0 Å². The SMILES string of the molecule is O=C(O)c1cc(C(=O)O)cc(-c2nc(-c3cc(C(=O)O)cc(C(=O)O)c3)nc(-c3cc(C(=O)O)cc(C(=O)O)c3)n2)c1. The first-order chi connectivity index (χ1) is 19.7. The Bertz CT molecular complexity index is 1540. The minimum atomic E-state index is -1.49. The van der Waals surface area contributed by atoms with Crippen LogP contribution in [0.2, 0.25) is 0 Å². The maximum Gasteiger partial charge on any atom is 0.335 e. The lowest BCUT2D eigenvalue weighted by Crippen LogP contribution is -2.08. The van der Waals surface area contributed by atoms with Gasteiger partial charge in [-0.3, -0.25) is 0 Å². The Morgan fingerprint density at radius 1 is 0.333 bits per heavy atom. The molecule has 0 radical (unpaired) electrons. The highest BCUT2D eigenvalue weighted by molar-refractivity contribution is 5.98. The van der Waals surface area contributed by atoms with Gasteiger partial charge >= 0.3 is 35.8 Å². The molecule has 4 rings (SSSR count).